The zero-order valence-corrected chi connectivity index (χ0v) is 19.4. The fourth-order valence-corrected chi connectivity index (χ4v) is 5.36. The van der Waals surface area contributed by atoms with Gasteiger partial charge in [-0.15, -0.1) is 0 Å². The van der Waals surface area contributed by atoms with Crippen molar-refractivity contribution in [2.45, 2.75) is 45.3 Å². The summed E-state index contributed by atoms with van der Waals surface area (Å²) in [5.74, 6) is 1.34. The molecule has 1 saturated heterocycles. The third kappa shape index (κ3) is 3.91. The first-order valence-corrected chi connectivity index (χ1v) is 12.2. The Labute approximate surface area is 192 Å². The smallest absolute Gasteiger partial charge is 0.423 e. The fraction of sp³-hybridized carbons (Fsp3) is 0.409. The Bertz CT molecular complexity index is 1410. The Kier molecular flexibility index (Phi) is 5.25. The molecule has 0 unspecified atom stereocenters. The number of carbonyl (C=O) groups is 1. The van der Waals surface area contributed by atoms with E-state index in [9.17, 15) is 14.1 Å². The van der Waals surface area contributed by atoms with Crippen molar-refractivity contribution < 1.29 is 14.1 Å². The Morgan fingerprint density at radius 1 is 1.15 bits per heavy atom. The van der Waals surface area contributed by atoms with E-state index in [4.69, 9.17) is 9.72 Å². The molecular formula is C22H24N6O4S. The summed E-state index contributed by atoms with van der Waals surface area (Å²) in [5, 5.41) is 0. The van der Waals surface area contributed by atoms with Crippen LogP contribution < -0.4 is 5.69 Å². The largest absolute Gasteiger partial charge is 0.616 e. The van der Waals surface area contributed by atoms with Crippen molar-refractivity contribution in [3.8, 4) is 5.95 Å². The molecule has 0 radical (unpaired) electrons. The summed E-state index contributed by atoms with van der Waals surface area (Å²) in [5.41, 5.74) is 0.924. The number of hydrogen-bond donors (Lipinski definition) is 0. The van der Waals surface area contributed by atoms with Crippen molar-refractivity contribution >= 4 is 39.5 Å². The molecule has 4 heterocycles. The summed E-state index contributed by atoms with van der Waals surface area (Å²) in [6.45, 7) is 5.22. The molecule has 11 heteroatoms. The average molecular weight is 469 g/mol. The summed E-state index contributed by atoms with van der Waals surface area (Å²) < 4.78 is 21.6. The molecule has 0 amide bonds. The SMILES string of the molecule is CC(C)(C)OC(=O)n1c(=O)n(C2CC[S+]([O-])CC2)c2nc(-n3cnc4ccccc43)ncc21. The molecule has 1 aromatic carbocycles. The summed E-state index contributed by atoms with van der Waals surface area (Å²) in [6.07, 6.45) is 3.44. The van der Waals surface area contributed by atoms with Crippen molar-refractivity contribution in [2.24, 2.45) is 0 Å². The van der Waals surface area contributed by atoms with Crippen LogP contribution in [0.15, 0.2) is 41.6 Å². The molecule has 1 aliphatic heterocycles. The second kappa shape index (κ2) is 7.99. The zero-order valence-electron chi connectivity index (χ0n) is 18.6. The van der Waals surface area contributed by atoms with Crippen LogP contribution in [-0.4, -0.2) is 56.4 Å². The van der Waals surface area contributed by atoms with Crippen LogP contribution in [0.4, 0.5) is 4.79 Å². The number of fused-ring (bicyclic) bond motifs is 2. The van der Waals surface area contributed by atoms with Crippen LogP contribution in [0.5, 0.6) is 0 Å². The standard InChI is InChI=1S/C22H24N6O4S/c1-22(2,3)32-21(30)28-17-12-23-19(26-13-24-15-6-4-5-7-16(15)26)25-18(17)27(20(28)29)14-8-10-33(31)11-9-14/h4-7,12-14H,8-11H2,1-3H3. The van der Waals surface area contributed by atoms with Gasteiger partial charge in [0.05, 0.1) is 17.2 Å². The molecule has 172 valence electrons. The lowest BCUT2D eigenvalue weighted by Crippen LogP contribution is -2.37. The van der Waals surface area contributed by atoms with Crippen LogP contribution >= 0.6 is 0 Å². The Hall–Kier alpha value is -3.18. The first-order valence-electron chi connectivity index (χ1n) is 10.7. The molecular weight excluding hydrogens is 444 g/mol. The van der Waals surface area contributed by atoms with Gasteiger partial charge in [0.1, 0.15) is 29.0 Å². The van der Waals surface area contributed by atoms with E-state index >= 15 is 0 Å². The third-order valence-electron chi connectivity index (χ3n) is 5.57. The van der Waals surface area contributed by atoms with Gasteiger partial charge in [-0.25, -0.2) is 19.6 Å². The average Bonchev–Trinajstić information content (AvgIpc) is 3.31. The molecule has 0 atom stereocenters. The first kappa shape index (κ1) is 21.7. The molecule has 33 heavy (non-hydrogen) atoms. The molecule has 1 aliphatic rings. The van der Waals surface area contributed by atoms with Crippen LogP contribution in [0.3, 0.4) is 0 Å². The zero-order chi connectivity index (χ0) is 23.3. The molecule has 0 bridgehead atoms. The molecule has 5 rings (SSSR count). The van der Waals surface area contributed by atoms with E-state index in [1.54, 1.807) is 31.7 Å². The number of carbonyl (C=O) groups excluding carboxylic acids is 1. The number of aromatic nitrogens is 6. The van der Waals surface area contributed by atoms with Gasteiger partial charge in [-0.1, -0.05) is 23.3 Å². The molecule has 0 aliphatic carbocycles. The van der Waals surface area contributed by atoms with E-state index in [1.165, 1.54) is 10.8 Å². The van der Waals surface area contributed by atoms with E-state index in [-0.39, 0.29) is 11.6 Å². The van der Waals surface area contributed by atoms with Crippen molar-refractivity contribution in [2.75, 3.05) is 11.5 Å². The number of hydrogen-bond acceptors (Lipinski definition) is 7. The van der Waals surface area contributed by atoms with Crippen LogP contribution in [0.25, 0.3) is 28.1 Å². The van der Waals surface area contributed by atoms with E-state index in [0.717, 1.165) is 15.6 Å². The lowest BCUT2D eigenvalue weighted by molar-refractivity contribution is 0.0536. The lowest BCUT2D eigenvalue weighted by atomic mass is 10.1. The van der Waals surface area contributed by atoms with E-state index in [0.29, 0.717) is 35.9 Å². The Morgan fingerprint density at radius 3 is 2.61 bits per heavy atom. The van der Waals surface area contributed by atoms with Crippen molar-refractivity contribution in [3.63, 3.8) is 0 Å². The maximum Gasteiger partial charge on any atom is 0.423 e. The second-order valence-electron chi connectivity index (χ2n) is 9.03. The van der Waals surface area contributed by atoms with Gasteiger partial charge in [-0.2, -0.15) is 9.55 Å². The molecule has 10 nitrogen and oxygen atoms in total. The van der Waals surface area contributed by atoms with Gasteiger partial charge in [0.2, 0.25) is 5.95 Å². The maximum absolute atomic E-state index is 13.5. The number of benzene rings is 1. The van der Waals surface area contributed by atoms with Gasteiger partial charge >= 0.3 is 11.8 Å². The molecule has 4 aromatic rings. The number of imidazole rings is 2. The predicted molar refractivity (Wildman–Crippen MR) is 124 cm³/mol. The van der Waals surface area contributed by atoms with Crippen LogP contribution in [0, 0.1) is 0 Å². The summed E-state index contributed by atoms with van der Waals surface area (Å²) in [7, 11) is 0. The van der Waals surface area contributed by atoms with Gasteiger partial charge in [0, 0.05) is 18.9 Å². The predicted octanol–water partition coefficient (Wildman–Crippen LogP) is 2.80. The van der Waals surface area contributed by atoms with E-state index in [2.05, 4.69) is 9.97 Å². The fourth-order valence-electron chi connectivity index (χ4n) is 4.08. The maximum atomic E-state index is 13.5. The van der Waals surface area contributed by atoms with Crippen molar-refractivity contribution in [3.05, 3.63) is 47.3 Å². The van der Waals surface area contributed by atoms with Crippen molar-refractivity contribution in [1.29, 1.82) is 0 Å². The topological polar surface area (TPSA) is 120 Å². The Balaban J connectivity index is 1.70. The summed E-state index contributed by atoms with van der Waals surface area (Å²) >= 11 is -0.894. The van der Waals surface area contributed by atoms with E-state index in [1.807, 2.05) is 24.3 Å². The molecule has 0 spiro atoms. The van der Waals surface area contributed by atoms with Gasteiger partial charge in [0.25, 0.3) is 0 Å². The number of rotatable bonds is 2. The highest BCUT2D eigenvalue weighted by Crippen LogP contribution is 2.27. The van der Waals surface area contributed by atoms with Gasteiger partial charge < -0.3 is 9.29 Å². The highest BCUT2D eigenvalue weighted by atomic mass is 32.2. The summed E-state index contributed by atoms with van der Waals surface area (Å²) in [4.78, 5) is 39.9. The molecule has 1 fully saturated rings. The number of para-hydroxylation sites is 2. The minimum absolute atomic E-state index is 0.219. The first-order chi connectivity index (χ1) is 15.7. The van der Waals surface area contributed by atoms with Crippen molar-refractivity contribution in [1.82, 2.24) is 28.7 Å². The van der Waals surface area contributed by atoms with Gasteiger partial charge in [-0.3, -0.25) is 9.13 Å². The van der Waals surface area contributed by atoms with Gasteiger partial charge in [-0.05, 0) is 32.9 Å². The minimum atomic E-state index is -0.894. The second-order valence-corrected chi connectivity index (χ2v) is 10.7. The lowest BCUT2D eigenvalue weighted by Gasteiger charge is -2.24. The van der Waals surface area contributed by atoms with Crippen LogP contribution in [0.2, 0.25) is 0 Å². The molecule has 0 N–H and O–H groups in total. The highest BCUT2D eigenvalue weighted by molar-refractivity contribution is 7.91. The number of nitrogens with zero attached hydrogens (tertiary/aromatic N) is 6. The third-order valence-corrected chi connectivity index (χ3v) is 6.95. The van der Waals surface area contributed by atoms with Gasteiger partial charge in [0.15, 0.2) is 5.65 Å². The quantitative estimate of drug-likeness (QED) is 0.415. The van der Waals surface area contributed by atoms with Crippen LogP contribution in [0.1, 0.15) is 39.7 Å². The Morgan fingerprint density at radius 2 is 1.88 bits per heavy atom. The minimum Gasteiger partial charge on any atom is -0.616 e. The molecule has 0 saturated carbocycles. The molecule has 3 aromatic heterocycles. The van der Waals surface area contributed by atoms with Crippen LogP contribution in [-0.2, 0) is 15.9 Å². The highest BCUT2D eigenvalue weighted by Gasteiger charge is 2.31. The number of ether oxygens (including phenoxy) is 1. The monoisotopic (exact) mass is 468 g/mol. The van der Waals surface area contributed by atoms with E-state index < -0.39 is 28.6 Å². The summed E-state index contributed by atoms with van der Waals surface area (Å²) in [6, 6.07) is 7.38. The normalized spacial score (nSPS) is 19.3.